The Labute approximate surface area is 239 Å². The highest BCUT2D eigenvalue weighted by Gasteiger charge is 2.34. The number of nitrogens with one attached hydrogen (secondary N) is 1. The van der Waals surface area contributed by atoms with Crippen LogP contribution in [0.2, 0.25) is 0 Å². The minimum atomic E-state index is -4.13. The zero-order chi connectivity index (χ0) is 30.0. The monoisotopic (exact) mass is 582 g/mol. The average molecular weight is 583 g/mol. The minimum absolute atomic E-state index is 0.0282. The fraction of sp³-hybridized carbons (Fsp3) is 0.310. The SMILES string of the molecule is CCCNC(=O)[C@@H](Cc1ccccc1)N(Cc1ccccc1)C(=O)CN(c1cc([N+](=O)[O-])ccc1OC)S(C)(=O)=O. The van der Waals surface area contributed by atoms with Crippen molar-refractivity contribution in [3.05, 3.63) is 100 Å². The molecule has 1 N–H and O–H groups in total. The first-order valence-electron chi connectivity index (χ1n) is 13.0. The summed E-state index contributed by atoms with van der Waals surface area (Å²) in [4.78, 5) is 39.7. The predicted molar refractivity (Wildman–Crippen MR) is 156 cm³/mol. The second-order valence-corrected chi connectivity index (χ2v) is 11.3. The van der Waals surface area contributed by atoms with Gasteiger partial charge in [0.1, 0.15) is 24.0 Å². The Morgan fingerprint density at radius 2 is 1.61 bits per heavy atom. The number of hydrogen-bond donors (Lipinski definition) is 1. The van der Waals surface area contributed by atoms with Crippen LogP contribution in [0.4, 0.5) is 11.4 Å². The van der Waals surface area contributed by atoms with Gasteiger partial charge in [0, 0.05) is 31.6 Å². The van der Waals surface area contributed by atoms with E-state index in [1.165, 1.54) is 24.1 Å². The Morgan fingerprint density at radius 3 is 2.15 bits per heavy atom. The fourth-order valence-electron chi connectivity index (χ4n) is 4.28. The molecule has 0 aliphatic carbocycles. The van der Waals surface area contributed by atoms with Crippen LogP contribution in [0.15, 0.2) is 78.9 Å². The molecule has 11 nitrogen and oxygen atoms in total. The second-order valence-electron chi connectivity index (χ2n) is 9.39. The maximum atomic E-state index is 14.1. The molecule has 3 aromatic carbocycles. The molecule has 0 saturated carbocycles. The molecule has 218 valence electrons. The molecule has 1 atom stereocenters. The maximum Gasteiger partial charge on any atom is 0.271 e. The number of hydrogen-bond acceptors (Lipinski definition) is 7. The molecule has 0 saturated heterocycles. The lowest BCUT2D eigenvalue weighted by Crippen LogP contribution is -2.53. The summed E-state index contributed by atoms with van der Waals surface area (Å²) < 4.78 is 32.0. The molecule has 0 spiro atoms. The quantitative estimate of drug-likeness (QED) is 0.227. The van der Waals surface area contributed by atoms with E-state index in [-0.39, 0.29) is 36.0 Å². The summed E-state index contributed by atoms with van der Waals surface area (Å²) in [6, 6.07) is 20.8. The van der Waals surface area contributed by atoms with Gasteiger partial charge in [0.25, 0.3) is 5.69 Å². The van der Waals surface area contributed by atoms with Gasteiger partial charge in [-0.3, -0.25) is 24.0 Å². The highest BCUT2D eigenvalue weighted by molar-refractivity contribution is 7.92. The number of carbonyl (C=O) groups is 2. The summed E-state index contributed by atoms with van der Waals surface area (Å²) in [7, 11) is -2.84. The highest BCUT2D eigenvalue weighted by Crippen LogP contribution is 2.34. The van der Waals surface area contributed by atoms with Crippen molar-refractivity contribution in [2.75, 3.05) is 30.8 Å². The topological polar surface area (TPSA) is 139 Å². The molecule has 0 heterocycles. The number of non-ortho nitro benzene ring substituents is 1. The molecule has 12 heteroatoms. The summed E-state index contributed by atoms with van der Waals surface area (Å²) in [5.74, 6) is -1.01. The van der Waals surface area contributed by atoms with Gasteiger partial charge in [-0.25, -0.2) is 8.42 Å². The normalized spacial score (nSPS) is 11.8. The van der Waals surface area contributed by atoms with Crippen LogP contribution in [-0.2, 0) is 32.6 Å². The molecule has 0 unspecified atom stereocenters. The molecule has 0 radical (unpaired) electrons. The average Bonchev–Trinajstić information content (AvgIpc) is 2.96. The predicted octanol–water partition coefficient (Wildman–Crippen LogP) is 3.54. The van der Waals surface area contributed by atoms with Crippen LogP contribution >= 0.6 is 0 Å². The molecule has 2 amide bonds. The summed E-state index contributed by atoms with van der Waals surface area (Å²) in [6.07, 6.45) is 1.77. The van der Waals surface area contributed by atoms with Crippen molar-refractivity contribution >= 4 is 33.2 Å². The van der Waals surface area contributed by atoms with Gasteiger partial charge in [-0.15, -0.1) is 0 Å². The number of nitro benzene ring substituents is 1. The number of anilines is 1. The van der Waals surface area contributed by atoms with E-state index in [9.17, 15) is 28.1 Å². The van der Waals surface area contributed by atoms with Crippen LogP contribution in [0, 0.1) is 10.1 Å². The summed E-state index contributed by atoms with van der Waals surface area (Å²) in [6.45, 7) is 1.63. The first-order chi connectivity index (χ1) is 19.5. The second kappa shape index (κ2) is 14.3. The number of amides is 2. The first-order valence-corrected chi connectivity index (χ1v) is 14.8. The van der Waals surface area contributed by atoms with Crippen molar-refractivity contribution in [2.45, 2.75) is 32.4 Å². The van der Waals surface area contributed by atoms with E-state index in [1.807, 2.05) is 55.5 Å². The number of sulfonamides is 1. The Balaban J connectivity index is 2.09. The first kappa shape index (κ1) is 31.1. The zero-order valence-corrected chi connectivity index (χ0v) is 24.0. The maximum absolute atomic E-state index is 14.1. The smallest absolute Gasteiger partial charge is 0.271 e. The Bertz CT molecular complexity index is 1450. The van der Waals surface area contributed by atoms with Gasteiger partial charge >= 0.3 is 0 Å². The van der Waals surface area contributed by atoms with Crippen molar-refractivity contribution in [2.24, 2.45) is 0 Å². The van der Waals surface area contributed by atoms with E-state index in [1.54, 1.807) is 12.1 Å². The van der Waals surface area contributed by atoms with Gasteiger partial charge in [0.15, 0.2) is 0 Å². The third kappa shape index (κ3) is 8.52. The van der Waals surface area contributed by atoms with Crippen molar-refractivity contribution in [3.63, 3.8) is 0 Å². The number of ether oxygens (including phenoxy) is 1. The molecule has 0 bridgehead atoms. The van der Waals surface area contributed by atoms with Gasteiger partial charge in [-0.2, -0.15) is 0 Å². The number of nitrogens with zero attached hydrogens (tertiary/aromatic N) is 3. The lowest BCUT2D eigenvalue weighted by atomic mass is 10.0. The minimum Gasteiger partial charge on any atom is -0.495 e. The van der Waals surface area contributed by atoms with Gasteiger partial charge < -0.3 is 15.0 Å². The summed E-state index contributed by atoms with van der Waals surface area (Å²) >= 11 is 0. The molecule has 0 aliphatic heterocycles. The molecule has 0 aromatic heterocycles. The van der Waals surface area contributed by atoms with E-state index in [0.717, 1.165) is 27.8 Å². The van der Waals surface area contributed by atoms with Crippen LogP contribution in [0.5, 0.6) is 5.75 Å². The van der Waals surface area contributed by atoms with E-state index in [4.69, 9.17) is 4.74 Å². The van der Waals surface area contributed by atoms with Crippen molar-refractivity contribution in [1.82, 2.24) is 10.2 Å². The molecule has 3 aromatic rings. The zero-order valence-electron chi connectivity index (χ0n) is 23.2. The van der Waals surface area contributed by atoms with E-state index < -0.39 is 33.4 Å². The number of benzene rings is 3. The third-order valence-electron chi connectivity index (χ3n) is 6.34. The fourth-order valence-corrected chi connectivity index (χ4v) is 5.13. The largest absolute Gasteiger partial charge is 0.495 e. The Morgan fingerprint density at radius 1 is 1.00 bits per heavy atom. The molecular formula is C29H34N4O7S. The summed E-state index contributed by atoms with van der Waals surface area (Å²) in [5, 5.41) is 14.3. The van der Waals surface area contributed by atoms with Crippen LogP contribution in [0.3, 0.4) is 0 Å². The van der Waals surface area contributed by atoms with E-state index in [0.29, 0.717) is 13.0 Å². The molecule has 0 aliphatic rings. The number of nitro groups is 1. The van der Waals surface area contributed by atoms with Gasteiger partial charge in [-0.05, 0) is 23.6 Å². The van der Waals surface area contributed by atoms with Crippen molar-refractivity contribution < 1.29 is 27.7 Å². The lowest BCUT2D eigenvalue weighted by Gasteiger charge is -2.33. The lowest BCUT2D eigenvalue weighted by molar-refractivity contribution is -0.384. The Kier molecular flexibility index (Phi) is 10.8. The molecular weight excluding hydrogens is 548 g/mol. The van der Waals surface area contributed by atoms with Gasteiger partial charge in [-0.1, -0.05) is 67.6 Å². The van der Waals surface area contributed by atoms with Gasteiger partial charge in [0.05, 0.1) is 18.3 Å². The van der Waals surface area contributed by atoms with Crippen LogP contribution in [0.25, 0.3) is 0 Å². The van der Waals surface area contributed by atoms with Crippen LogP contribution in [-0.4, -0.2) is 62.6 Å². The molecule has 41 heavy (non-hydrogen) atoms. The highest BCUT2D eigenvalue weighted by atomic mass is 32.2. The standard InChI is InChI=1S/C29H34N4O7S/c1-4-17-30-29(35)26(18-22-11-7-5-8-12-22)31(20-23-13-9-6-10-14-23)28(34)21-32(41(3,38)39)25-19-24(33(36)37)15-16-27(25)40-2/h5-16,19,26H,4,17-18,20-21H2,1-3H3,(H,30,35)/t26-/m1/s1. The third-order valence-corrected chi connectivity index (χ3v) is 7.46. The van der Waals surface area contributed by atoms with Crippen molar-refractivity contribution in [3.8, 4) is 5.75 Å². The molecule has 0 fully saturated rings. The summed E-state index contributed by atoms with van der Waals surface area (Å²) in [5.41, 5.74) is 1.02. The van der Waals surface area contributed by atoms with E-state index >= 15 is 0 Å². The Hall–Kier alpha value is -4.45. The molecule has 3 rings (SSSR count). The van der Waals surface area contributed by atoms with Gasteiger partial charge in [0.2, 0.25) is 21.8 Å². The van der Waals surface area contributed by atoms with Crippen molar-refractivity contribution in [1.29, 1.82) is 0 Å². The van der Waals surface area contributed by atoms with Crippen LogP contribution in [0.1, 0.15) is 24.5 Å². The van der Waals surface area contributed by atoms with Crippen LogP contribution < -0.4 is 14.4 Å². The number of carbonyl (C=O) groups excluding carboxylic acids is 2. The number of rotatable bonds is 14. The van der Waals surface area contributed by atoms with E-state index in [2.05, 4.69) is 5.32 Å². The number of methoxy groups -OCH3 is 1.